The minimum absolute atomic E-state index is 0.0271. The first-order valence-corrected chi connectivity index (χ1v) is 8.79. The highest BCUT2D eigenvalue weighted by atomic mass is 16.2. The monoisotopic (exact) mass is 295 g/mol. The molecule has 2 aliphatic heterocycles. The van der Waals surface area contributed by atoms with E-state index in [0.717, 1.165) is 25.4 Å². The first kappa shape index (κ1) is 16.8. The minimum atomic E-state index is 0.0271. The van der Waals surface area contributed by atoms with Crippen molar-refractivity contribution in [3.8, 4) is 0 Å². The number of likely N-dealkylation sites (tertiary alicyclic amines) is 1. The maximum atomic E-state index is 12.3. The summed E-state index contributed by atoms with van der Waals surface area (Å²) >= 11 is 0. The summed E-state index contributed by atoms with van der Waals surface area (Å²) < 4.78 is 0. The van der Waals surface area contributed by atoms with Gasteiger partial charge in [0.1, 0.15) is 0 Å². The molecule has 2 fully saturated rings. The van der Waals surface area contributed by atoms with Crippen LogP contribution in [-0.4, -0.2) is 48.6 Å². The SMILES string of the molecule is CCC1CCCN(C(C)(C)CNC(=O)[C@H]2CCCCN2)C1. The summed E-state index contributed by atoms with van der Waals surface area (Å²) in [4.78, 5) is 14.8. The van der Waals surface area contributed by atoms with Gasteiger partial charge in [0.05, 0.1) is 6.04 Å². The highest BCUT2D eigenvalue weighted by Gasteiger charge is 2.32. The summed E-state index contributed by atoms with van der Waals surface area (Å²) in [6.07, 6.45) is 7.26. The Balaban J connectivity index is 1.81. The molecule has 0 aliphatic carbocycles. The Labute approximate surface area is 130 Å². The Hall–Kier alpha value is -0.610. The summed E-state index contributed by atoms with van der Waals surface area (Å²) in [5, 5.41) is 6.50. The Bertz CT molecular complexity index is 337. The van der Waals surface area contributed by atoms with E-state index in [1.54, 1.807) is 0 Å². The van der Waals surface area contributed by atoms with Gasteiger partial charge < -0.3 is 10.6 Å². The van der Waals surface area contributed by atoms with Gasteiger partial charge in [0, 0.05) is 18.6 Å². The van der Waals surface area contributed by atoms with Crippen LogP contribution in [0.1, 0.15) is 59.3 Å². The first-order chi connectivity index (χ1) is 10.0. The standard InChI is InChI=1S/C17H33N3O/c1-4-14-8-7-11-20(12-14)17(2,3)13-19-16(21)15-9-5-6-10-18-15/h14-15,18H,4-13H2,1-3H3,(H,19,21)/t14?,15-/m1/s1. The van der Waals surface area contributed by atoms with Crippen molar-refractivity contribution in [1.29, 1.82) is 0 Å². The van der Waals surface area contributed by atoms with Crippen molar-refractivity contribution in [2.45, 2.75) is 70.9 Å². The van der Waals surface area contributed by atoms with Crippen LogP contribution in [0.2, 0.25) is 0 Å². The quantitative estimate of drug-likeness (QED) is 0.817. The highest BCUT2D eigenvalue weighted by Crippen LogP contribution is 2.25. The second kappa shape index (κ2) is 7.59. The summed E-state index contributed by atoms with van der Waals surface area (Å²) in [6.45, 7) is 10.9. The van der Waals surface area contributed by atoms with E-state index in [9.17, 15) is 4.79 Å². The van der Waals surface area contributed by atoms with Crippen molar-refractivity contribution in [1.82, 2.24) is 15.5 Å². The third kappa shape index (κ3) is 4.68. The van der Waals surface area contributed by atoms with Crippen LogP contribution >= 0.6 is 0 Å². The fourth-order valence-corrected chi connectivity index (χ4v) is 3.56. The van der Waals surface area contributed by atoms with Crippen molar-refractivity contribution < 1.29 is 4.79 Å². The maximum absolute atomic E-state index is 12.3. The molecule has 2 atom stereocenters. The number of hydrogen-bond donors (Lipinski definition) is 2. The molecule has 21 heavy (non-hydrogen) atoms. The lowest BCUT2D eigenvalue weighted by Gasteiger charge is -2.43. The van der Waals surface area contributed by atoms with Crippen LogP contribution < -0.4 is 10.6 Å². The van der Waals surface area contributed by atoms with Gasteiger partial charge in [0.2, 0.25) is 5.91 Å². The van der Waals surface area contributed by atoms with Gasteiger partial charge in [-0.05, 0) is 58.5 Å². The Morgan fingerprint density at radius 1 is 1.29 bits per heavy atom. The third-order valence-corrected chi connectivity index (χ3v) is 5.27. The number of piperidine rings is 2. The van der Waals surface area contributed by atoms with Gasteiger partial charge in [-0.3, -0.25) is 9.69 Å². The number of nitrogens with zero attached hydrogens (tertiary/aromatic N) is 1. The van der Waals surface area contributed by atoms with Gasteiger partial charge in [0.15, 0.2) is 0 Å². The lowest BCUT2D eigenvalue weighted by atomic mass is 9.91. The molecule has 4 heteroatoms. The molecule has 122 valence electrons. The number of nitrogens with one attached hydrogen (secondary N) is 2. The number of amides is 1. The van der Waals surface area contributed by atoms with Crippen molar-refractivity contribution in [2.75, 3.05) is 26.2 Å². The molecular weight excluding hydrogens is 262 g/mol. The zero-order chi connectivity index (χ0) is 15.3. The summed E-state index contributed by atoms with van der Waals surface area (Å²) in [6, 6.07) is 0.0271. The molecule has 2 N–H and O–H groups in total. The second-order valence-electron chi connectivity index (χ2n) is 7.40. The Morgan fingerprint density at radius 2 is 2.10 bits per heavy atom. The average Bonchev–Trinajstić information content (AvgIpc) is 2.53. The molecule has 2 saturated heterocycles. The molecule has 0 aromatic carbocycles. The van der Waals surface area contributed by atoms with Crippen molar-refractivity contribution in [3.63, 3.8) is 0 Å². The first-order valence-electron chi connectivity index (χ1n) is 8.79. The summed E-state index contributed by atoms with van der Waals surface area (Å²) in [5.41, 5.74) is 0.0537. The molecular formula is C17H33N3O. The van der Waals surface area contributed by atoms with E-state index in [1.807, 2.05) is 0 Å². The average molecular weight is 295 g/mol. The van der Waals surface area contributed by atoms with E-state index < -0.39 is 0 Å². The van der Waals surface area contributed by atoms with E-state index in [2.05, 4.69) is 36.3 Å². The number of carbonyl (C=O) groups is 1. The second-order valence-corrected chi connectivity index (χ2v) is 7.40. The van der Waals surface area contributed by atoms with E-state index >= 15 is 0 Å². The summed E-state index contributed by atoms with van der Waals surface area (Å²) in [5.74, 6) is 1.01. The molecule has 0 radical (unpaired) electrons. The largest absolute Gasteiger partial charge is 0.353 e. The van der Waals surface area contributed by atoms with Gasteiger partial charge in [-0.1, -0.05) is 19.8 Å². The molecule has 0 aromatic heterocycles. The highest BCUT2D eigenvalue weighted by molar-refractivity contribution is 5.81. The van der Waals surface area contributed by atoms with Crippen LogP contribution in [0.15, 0.2) is 0 Å². The Morgan fingerprint density at radius 3 is 2.76 bits per heavy atom. The van der Waals surface area contributed by atoms with Crippen LogP contribution in [-0.2, 0) is 4.79 Å². The van der Waals surface area contributed by atoms with Gasteiger partial charge in [-0.15, -0.1) is 0 Å². The zero-order valence-electron chi connectivity index (χ0n) is 14.1. The number of rotatable bonds is 5. The lowest BCUT2D eigenvalue weighted by molar-refractivity contribution is -0.124. The zero-order valence-corrected chi connectivity index (χ0v) is 14.1. The third-order valence-electron chi connectivity index (χ3n) is 5.27. The molecule has 0 aromatic rings. The minimum Gasteiger partial charge on any atom is -0.353 e. The molecule has 0 saturated carbocycles. The Kier molecular flexibility index (Phi) is 6.06. The predicted molar refractivity (Wildman–Crippen MR) is 87.3 cm³/mol. The van der Waals surface area contributed by atoms with E-state index in [1.165, 1.54) is 45.2 Å². The van der Waals surface area contributed by atoms with Crippen molar-refractivity contribution in [2.24, 2.45) is 5.92 Å². The van der Waals surface area contributed by atoms with Crippen molar-refractivity contribution in [3.05, 3.63) is 0 Å². The molecule has 4 nitrogen and oxygen atoms in total. The van der Waals surface area contributed by atoms with Crippen LogP contribution in [0.3, 0.4) is 0 Å². The van der Waals surface area contributed by atoms with Crippen LogP contribution in [0.4, 0.5) is 0 Å². The topological polar surface area (TPSA) is 44.4 Å². The lowest BCUT2D eigenvalue weighted by Crippen LogP contribution is -2.57. The fraction of sp³-hybridized carbons (Fsp3) is 0.941. The summed E-state index contributed by atoms with van der Waals surface area (Å²) in [7, 11) is 0. The number of carbonyl (C=O) groups excluding carboxylic acids is 1. The van der Waals surface area contributed by atoms with E-state index in [-0.39, 0.29) is 17.5 Å². The molecule has 1 amide bonds. The molecule has 2 rings (SSSR count). The van der Waals surface area contributed by atoms with Gasteiger partial charge in [0.25, 0.3) is 0 Å². The van der Waals surface area contributed by atoms with Crippen LogP contribution in [0, 0.1) is 5.92 Å². The molecule has 2 aliphatic rings. The van der Waals surface area contributed by atoms with Crippen LogP contribution in [0.25, 0.3) is 0 Å². The van der Waals surface area contributed by atoms with Crippen molar-refractivity contribution >= 4 is 5.91 Å². The normalized spacial score (nSPS) is 28.3. The van der Waals surface area contributed by atoms with E-state index in [0.29, 0.717) is 0 Å². The smallest absolute Gasteiger partial charge is 0.237 e. The van der Waals surface area contributed by atoms with E-state index in [4.69, 9.17) is 0 Å². The number of hydrogen-bond acceptors (Lipinski definition) is 3. The predicted octanol–water partition coefficient (Wildman–Crippen LogP) is 2.15. The van der Waals surface area contributed by atoms with Gasteiger partial charge in [-0.25, -0.2) is 0 Å². The van der Waals surface area contributed by atoms with Gasteiger partial charge in [-0.2, -0.15) is 0 Å². The molecule has 2 heterocycles. The maximum Gasteiger partial charge on any atom is 0.237 e. The molecule has 0 bridgehead atoms. The molecule has 1 unspecified atom stereocenters. The van der Waals surface area contributed by atoms with Gasteiger partial charge >= 0.3 is 0 Å². The van der Waals surface area contributed by atoms with Crippen LogP contribution in [0.5, 0.6) is 0 Å². The fourth-order valence-electron chi connectivity index (χ4n) is 3.56. The molecule has 0 spiro atoms.